The third-order valence-electron chi connectivity index (χ3n) is 5.42. The molecule has 1 saturated carbocycles. The number of fused-ring (bicyclic) bond motifs is 1. The third-order valence-corrected chi connectivity index (χ3v) is 5.42. The van der Waals surface area contributed by atoms with Crippen LogP contribution in [0, 0.1) is 0 Å². The zero-order valence-corrected chi connectivity index (χ0v) is 15.7. The highest BCUT2D eigenvalue weighted by atomic mass is 16.3. The van der Waals surface area contributed by atoms with Gasteiger partial charge in [0, 0.05) is 11.8 Å². The Kier molecular flexibility index (Phi) is 3.56. The molecule has 2 N–H and O–H groups in total. The number of aliphatic hydroxyl groups is 2. The lowest BCUT2D eigenvalue weighted by molar-refractivity contribution is 0.0783. The minimum atomic E-state index is -0.974. The number of rotatable bonds is 4. The van der Waals surface area contributed by atoms with Crippen molar-refractivity contribution in [3.63, 3.8) is 0 Å². The lowest BCUT2D eigenvalue weighted by atomic mass is 9.90. The molecule has 1 aliphatic carbocycles. The van der Waals surface area contributed by atoms with Gasteiger partial charge in [0.1, 0.15) is 5.82 Å². The first kappa shape index (κ1) is 17.2. The fraction of sp³-hybridized carbons (Fsp3) is 0.429. The predicted molar refractivity (Wildman–Crippen MR) is 99.9 cm³/mol. The fourth-order valence-corrected chi connectivity index (χ4v) is 3.68. The molecule has 1 fully saturated rings. The van der Waals surface area contributed by atoms with Crippen LogP contribution >= 0.6 is 0 Å². The Hall–Kier alpha value is -2.24. The van der Waals surface area contributed by atoms with E-state index in [1.54, 1.807) is 27.7 Å². The van der Waals surface area contributed by atoms with Gasteiger partial charge in [0.25, 0.3) is 0 Å². The first-order valence-corrected chi connectivity index (χ1v) is 9.03. The summed E-state index contributed by atoms with van der Waals surface area (Å²) in [4.78, 5) is 0. The van der Waals surface area contributed by atoms with Crippen molar-refractivity contribution in [1.29, 1.82) is 0 Å². The maximum Gasteiger partial charge on any atom is 0.166 e. The lowest BCUT2D eigenvalue weighted by Crippen LogP contribution is -2.18. The normalized spacial score (nSPS) is 16.8. The molecule has 2 aromatic heterocycles. The number of benzene rings is 1. The van der Waals surface area contributed by atoms with E-state index in [2.05, 4.69) is 22.3 Å². The molecule has 0 unspecified atom stereocenters. The summed E-state index contributed by atoms with van der Waals surface area (Å²) < 4.78 is 2.00. The van der Waals surface area contributed by atoms with E-state index >= 15 is 0 Å². The van der Waals surface area contributed by atoms with Gasteiger partial charge in [-0.25, -0.2) is 0 Å². The second-order valence-electron chi connectivity index (χ2n) is 8.42. The van der Waals surface area contributed by atoms with Crippen LogP contribution in [0.2, 0.25) is 0 Å². The average molecular weight is 351 g/mol. The van der Waals surface area contributed by atoms with Crippen LogP contribution in [0.25, 0.3) is 5.65 Å². The van der Waals surface area contributed by atoms with E-state index in [0.29, 0.717) is 5.65 Å². The van der Waals surface area contributed by atoms with Crippen molar-refractivity contribution in [3.05, 3.63) is 65.1 Å². The van der Waals surface area contributed by atoms with Gasteiger partial charge in [0.05, 0.1) is 16.6 Å². The zero-order valence-electron chi connectivity index (χ0n) is 15.7. The number of aromatic nitrogens is 3. The van der Waals surface area contributed by atoms with Crippen LogP contribution in [-0.4, -0.2) is 24.8 Å². The minimum absolute atomic E-state index is 0.143. The van der Waals surface area contributed by atoms with Crippen LogP contribution in [0.5, 0.6) is 0 Å². The van der Waals surface area contributed by atoms with Gasteiger partial charge in [-0.3, -0.25) is 4.40 Å². The molecule has 0 radical (unpaired) electrons. The Labute approximate surface area is 153 Å². The molecule has 1 aromatic carbocycles. The van der Waals surface area contributed by atoms with Gasteiger partial charge in [-0.05, 0) is 57.7 Å². The number of hydrogen-bond acceptors (Lipinski definition) is 4. The smallest absolute Gasteiger partial charge is 0.166 e. The number of pyridine rings is 1. The summed E-state index contributed by atoms with van der Waals surface area (Å²) in [5, 5.41) is 29.5. The van der Waals surface area contributed by atoms with Crippen molar-refractivity contribution < 1.29 is 10.2 Å². The van der Waals surface area contributed by atoms with Gasteiger partial charge < -0.3 is 10.2 Å². The summed E-state index contributed by atoms with van der Waals surface area (Å²) in [7, 11) is 0. The standard InChI is InChI=1S/C21H25N3O2/c1-19(2,25)14-7-9-15(10-8-14)21(11-12-21)18-23-22-17-16(20(3,4)26)6-5-13-24(17)18/h5-10,13,25-26H,11-12H2,1-4H3. The molecular weight excluding hydrogens is 326 g/mol. The molecule has 5 nitrogen and oxygen atoms in total. The van der Waals surface area contributed by atoms with E-state index in [1.807, 2.05) is 34.9 Å². The molecule has 0 bridgehead atoms. The van der Waals surface area contributed by atoms with Crippen molar-refractivity contribution in [1.82, 2.24) is 14.6 Å². The summed E-state index contributed by atoms with van der Waals surface area (Å²) in [6, 6.07) is 12.0. The topological polar surface area (TPSA) is 70.7 Å². The summed E-state index contributed by atoms with van der Waals surface area (Å²) >= 11 is 0. The zero-order chi connectivity index (χ0) is 18.7. The Balaban J connectivity index is 1.81. The minimum Gasteiger partial charge on any atom is -0.386 e. The number of hydrogen-bond donors (Lipinski definition) is 2. The monoisotopic (exact) mass is 351 g/mol. The second kappa shape index (κ2) is 5.38. The van der Waals surface area contributed by atoms with Gasteiger partial charge >= 0.3 is 0 Å². The van der Waals surface area contributed by atoms with Crippen LogP contribution < -0.4 is 0 Å². The lowest BCUT2D eigenvalue weighted by Gasteiger charge is -2.20. The molecule has 1 aliphatic rings. The van der Waals surface area contributed by atoms with E-state index in [0.717, 1.165) is 29.8 Å². The van der Waals surface area contributed by atoms with Crippen LogP contribution in [0.4, 0.5) is 0 Å². The fourth-order valence-electron chi connectivity index (χ4n) is 3.68. The molecule has 0 saturated heterocycles. The first-order valence-electron chi connectivity index (χ1n) is 9.03. The van der Waals surface area contributed by atoms with Crippen molar-refractivity contribution in [2.24, 2.45) is 0 Å². The molecule has 0 spiro atoms. The predicted octanol–water partition coefficient (Wildman–Crippen LogP) is 3.26. The molecule has 0 aliphatic heterocycles. The Bertz CT molecular complexity index is 956. The maximum absolute atomic E-state index is 10.4. The van der Waals surface area contributed by atoms with Gasteiger partial charge in [-0.15, -0.1) is 10.2 Å². The van der Waals surface area contributed by atoms with E-state index in [4.69, 9.17) is 0 Å². The molecular formula is C21H25N3O2. The average Bonchev–Trinajstić information content (AvgIpc) is 3.25. The molecule has 0 amide bonds. The molecule has 2 heterocycles. The van der Waals surface area contributed by atoms with Gasteiger partial charge in [-0.2, -0.15) is 0 Å². The van der Waals surface area contributed by atoms with Gasteiger partial charge in [-0.1, -0.05) is 30.3 Å². The quantitative estimate of drug-likeness (QED) is 0.757. The number of nitrogens with zero attached hydrogens (tertiary/aromatic N) is 3. The molecule has 5 heteroatoms. The largest absolute Gasteiger partial charge is 0.386 e. The van der Waals surface area contributed by atoms with Gasteiger partial charge in [0.15, 0.2) is 5.65 Å². The van der Waals surface area contributed by atoms with E-state index < -0.39 is 11.2 Å². The SMILES string of the molecule is CC(C)(O)c1ccc(C2(c3nnc4c(C(C)(C)O)cccn34)CC2)cc1. The van der Waals surface area contributed by atoms with Gasteiger partial charge in [0.2, 0.25) is 0 Å². The maximum atomic E-state index is 10.4. The van der Waals surface area contributed by atoms with Crippen molar-refractivity contribution in [2.45, 2.75) is 57.2 Å². The third kappa shape index (κ3) is 2.63. The molecule has 4 rings (SSSR count). The summed E-state index contributed by atoms with van der Waals surface area (Å²) in [5.74, 6) is 0.912. The van der Waals surface area contributed by atoms with Crippen molar-refractivity contribution >= 4 is 5.65 Å². The summed E-state index contributed by atoms with van der Waals surface area (Å²) in [6.07, 6.45) is 4.00. The highest BCUT2D eigenvalue weighted by molar-refractivity contribution is 5.53. The molecule has 26 heavy (non-hydrogen) atoms. The van der Waals surface area contributed by atoms with E-state index in [1.165, 1.54) is 5.56 Å². The molecule has 3 aromatic rings. The Morgan fingerprint density at radius 2 is 1.58 bits per heavy atom. The summed E-state index contributed by atoms with van der Waals surface area (Å²) in [6.45, 7) is 7.11. The first-order chi connectivity index (χ1) is 12.1. The molecule has 136 valence electrons. The summed E-state index contributed by atoms with van der Waals surface area (Å²) in [5.41, 5.74) is 1.59. The van der Waals surface area contributed by atoms with E-state index in [-0.39, 0.29) is 5.41 Å². The van der Waals surface area contributed by atoms with Crippen molar-refractivity contribution in [2.75, 3.05) is 0 Å². The van der Waals surface area contributed by atoms with Crippen LogP contribution in [0.15, 0.2) is 42.6 Å². The second-order valence-corrected chi connectivity index (χ2v) is 8.42. The highest BCUT2D eigenvalue weighted by Crippen LogP contribution is 2.53. The Morgan fingerprint density at radius 3 is 2.12 bits per heavy atom. The van der Waals surface area contributed by atoms with Crippen LogP contribution in [-0.2, 0) is 16.6 Å². The van der Waals surface area contributed by atoms with Crippen LogP contribution in [0.1, 0.15) is 63.1 Å². The highest BCUT2D eigenvalue weighted by Gasteiger charge is 2.50. The molecule has 0 atom stereocenters. The Morgan fingerprint density at radius 1 is 0.923 bits per heavy atom. The van der Waals surface area contributed by atoms with Crippen LogP contribution in [0.3, 0.4) is 0 Å². The van der Waals surface area contributed by atoms with Crippen molar-refractivity contribution in [3.8, 4) is 0 Å². The van der Waals surface area contributed by atoms with E-state index in [9.17, 15) is 10.2 Å².